The van der Waals surface area contributed by atoms with Gasteiger partial charge in [0.15, 0.2) is 0 Å². The number of anilines is 2. The van der Waals surface area contributed by atoms with Crippen molar-refractivity contribution < 1.29 is 18.3 Å². The maximum atomic E-state index is 12.1. The van der Waals surface area contributed by atoms with Gasteiger partial charge in [0.25, 0.3) is 0 Å². The molecule has 0 atom stereocenters. The molecule has 3 N–H and O–H groups in total. The molecule has 1 heterocycles. The van der Waals surface area contributed by atoms with E-state index in [-0.39, 0.29) is 23.2 Å². The third kappa shape index (κ3) is 4.32. The molecule has 2 aromatic rings. The van der Waals surface area contributed by atoms with Crippen LogP contribution in [0, 0.1) is 0 Å². The number of ether oxygens (including phenoxy) is 1. The average molecular weight is 317 g/mol. The Hall–Kier alpha value is -2.35. The maximum absolute atomic E-state index is 12.1. The van der Waals surface area contributed by atoms with Crippen LogP contribution in [0.2, 0.25) is 5.02 Å². The molecule has 0 saturated carbocycles. The van der Waals surface area contributed by atoms with E-state index >= 15 is 0 Å². The fraction of sp³-hybridized carbons (Fsp3) is 0.167. The van der Waals surface area contributed by atoms with Gasteiger partial charge in [-0.25, -0.2) is 0 Å². The molecule has 6 nitrogen and oxygen atoms in total. The van der Waals surface area contributed by atoms with E-state index < -0.39 is 6.61 Å². The van der Waals surface area contributed by atoms with Gasteiger partial charge in [0.1, 0.15) is 18.1 Å². The number of carbonyl (C=O) groups is 1. The Bertz CT molecular complexity index is 648. The second-order valence-corrected chi connectivity index (χ2v) is 4.42. The van der Waals surface area contributed by atoms with E-state index in [1.807, 2.05) is 0 Å². The molecular formula is C12H11ClF2N4O2. The van der Waals surface area contributed by atoms with Crippen molar-refractivity contribution in [1.29, 1.82) is 0 Å². The average Bonchev–Trinajstić information content (AvgIpc) is 2.77. The van der Waals surface area contributed by atoms with Crippen molar-refractivity contribution >= 4 is 29.0 Å². The fourth-order valence-corrected chi connectivity index (χ4v) is 1.81. The quantitative estimate of drug-likeness (QED) is 0.887. The van der Waals surface area contributed by atoms with Crippen molar-refractivity contribution in [3.8, 4) is 5.75 Å². The number of nitrogens with two attached hydrogens (primary N) is 1. The number of hydrogen-bond acceptors (Lipinski definition) is 4. The van der Waals surface area contributed by atoms with Gasteiger partial charge in [0, 0.05) is 11.9 Å². The van der Waals surface area contributed by atoms with E-state index in [0.717, 1.165) is 0 Å². The SMILES string of the molecule is Nc1ccn(CC(=O)Nc2ccc(OC(F)F)c(Cl)c2)n1. The van der Waals surface area contributed by atoms with Gasteiger partial charge in [-0.3, -0.25) is 9.48 Å². The molecule has 0 aliphatic rings. The largest absolute Gasteiger partial charge is 0.433 e. The lowest BCUT2D eigenvalue weighted by atomic mass is 10.3. The predicted octanol–water partition coefficient (Wildman–Crippen LogP) is 2.36. The van der Waals surface area contributed by atoms with E-state index in [9.17, 15) is 13.6 Å². The standard InChI is InChI=1S/C12H11ClF2N4O2/c13-8-5-7(1-2-9(8)21-12(14)15)17-11(20)6-19-4-3-10(16)18-19/h1-5,12H,6H2,(H2,16,18)(H,17,20). The Kier molecular flexibility index (Phi) is 4.59. The van der Waals surface area contributed by atoms with E-state index in [1.54, 1.807) is 12.3 Å². The van der Waals surface area contributed by atoms with Gasteiger partial charge in [0.05, 0.1) is 5.02 Å². The van der Waals surface area contributed by atoms with Crippen LogP contribution in [0.25, 0.3) is 0 Å². The molecule has 2 rings (SSSR count). The summed E-state index contributed by atoms with van der Waals surface area (Å²) in [5.74, 6) is -0.222. The van der Waals surface area contributed by atoms with Gasteiger partial charge < -0.3 is 15.8 Å². The van der Waals surface area contributed by atoms with Crippen LogP contribution in [0.5, 0.6) is 5.75 Å². The predicted molar refractivity (Wildman–Crippen MR) is 73.4 cm³/mol. The Morgan fingerprint density at radius 3 is 2.81 bits per heavy atom. The van der Waals surface area contributed by atoms with Crippen molar-refractivity contribution in [1.82, 2.24) is 9.78 Å². The number of rotatable bonds is 5. The summed E-state index contributed by atoms with van der Waals surface area (Å²) in [6.07, 6.45) is 1.56. The number of benzene rings is 1. The number of amides is 1. The smallest absolute Gasteiger partial charge is 0.387 e. The highest BCUT2D eigenvalue weighted by molar-refractivity contribution is 6.32. The summed E-state index contributed by atoms with van der Waals surface area (Å²) in [4.78, 5) is 11.8. The Morgan fingerprint density at radius 1 is 1.48 bits per heavy atom. The maximum Gasteiger partial charge on any atom is 0.387 e. The van der Waals surface area contributed by atoms with E-state index in [4.69, 9.17) is 17.3 Å². The number of nitrogen functional groups attached to an aromatic ring is 1. The Labute approximate surface area is 123 Å². The highest BCUT2D eigenvalue weighted by Crippen LogP contribution is 2.28. The minimum Gasteiger partial charge on any atom is -0.433 e. The molecule has 0 spiro atoms. The van der Waals surface area contributed by atoms with Crippen LogP contribution < -0.4 is 15.8 Å². The highest BCUT2D eigenvalue weighted by atomic mass is 35.5. The first-order chi connectivity index (χ1) is 9.94. The van der Waals surface area contributed by atoms with Crippen LogP contribution in [0.1, 0.15) is 0 Å². The van der Waals surface area contributed by atoms with Crippen molar-refractivity contribution in [2.45, 2.75) is 13.2 Å². The molecule has 112 valence electrons. The molecule has 0 unspecified atom stereocenters. The van der Waals surface area contributed by atoms with E-state index in [0.29, 0.717) is 11.5 Å². The molecule has 9 heteroatoms. The second-order valence-electron chi connectivity index (χ2n) is 4.01. The lowest BCUT2D eigenvalue weighted by Gasteiger charge is -2.09. The molecule has 21 heavy (non-hydrogen) atoms. The van der Waals surface area contributed by atoms with Crippen LogP contribution >= 0.6 is 11.6 Å². The van der Waals surface area contributed by atoms with Gasteiger partial charge in [-0.2, -0.15) is 13.9 Å². The summed E-state index contributed by atoms with van der Waals surface area (Å²) in [7, 11) is 0. The van der Waals surface area contributed by atoms with Crippen molar-refractivity contribution in [2.75, 3.05) is 11.1 Å². The summed E-state index contributed by atoms with van der Waals surface area (Å²) < 4.78 is 29.7. The normalized spacial score (nSPS) is 10.7. The monoisotopic (exact) mass is 316 g/mol. The summed E-state index contributed by atoms with van der Waals surface area (Å²) in [5, 5.41) is 6.38. The summed E-state index contributed by atoms with van der Waals surface area (Å²) >= 11 is 5.78. The third-order valence-electron chi connectivity index (χ3n) is 2.40. The van der Waals surface area contributed by atoms with Crippen LogP contribution in [0.4, 0.5) is 20.3 Å². The Morgan fingerprint density at radius 2 is 2.24 bits per heavy atom. The number of nitrogens with one attached hydrogen (secondary N) is 1. The van der Waals surface area contributed by atoms with Crippen LogP contribution in [0.15, 0.2) is 30.5 Å². The van der Waals surface area contributed by atoms with Crippen LogP contribution in [-0.2, 0) is 11.3 Å². The molecule has 1 aromatic heterocycles. The molecule has 0 fully saturated rings. The zero-order valence-electron chi connectivity index (χ0n) is 10.6. The summed E-state index contributed by atoms with van der Waals surface area (Å²) in [5.41, 5.74) is 5.78. The molecule has 0 aliphatic carbocycles. The van der Waals surface area contributed by atoms with Gasteiger partial charge in [-0.05, 0) is 24.3 Å². The zero-order chi connectivity index (χ0) is 15.4. The number of nitrogens with zero attached hydrogens (tertiary/aromatic N) is 2. The molecular weight excluding hydrogens is 306 g/mol. The number of alkyl halides is 2. The molecule has 0 bridgehead atoms. The number of carbonyl (C=O) groups excluding carboxylic acids is 1. The van der Waals surface area contributed by atoms with Crippen LogP contribution in [-0.4, -0.2) is 22.3 Å². The number of hydrogen-bond donors (Lipinski definition) is 2. The zero-order valence-corrected chi connectivity index (χ0v) is 11.3. The van der Waals surface area contributed by atoms with Crippen LogP contribution in [0.3, 0.4) is 0 Å². The first-order valence-corrected chi connectivity index (χ1v) is 6.15. The molecule has 1 aromatic carbocycles. The van der Waals surface area contributed by atoms with Crippen molar-refractivity contribution in [3.63, 3.8) is 0 Å². The third-order valence-corrected chi connectivity index (χ3v) is 2.69. The van der Waals surface area contributed by atoms with Crippen molar-refractivity contribution in [2.24, 2.45) is 0 Å². The molecule has 0 aliphatic heterocycles. The van der Waals surface area contributed by atoms with Crippen molar-refractivity contribution in [3.05, 3.63) is 35.5 Å². The number of aromatic nitrogens is 2. The van der Waals surface area contributed by atoms with Gasteiger partial charge >= 0.3 is 6.61 Å². The van der Waals surface area contributed by atoms with Gasteiger partial charge in [-0.15, -0.1) is 0 Å². The first-order valence-electron chi connectivity index (χ1n) is 5.77. The van der Waals surface area contributed by atoms with E-state index in [1.165, 1.54) is 22.9 Å². The topological polar surface area (TPSA) is 82.2 Å². The fourth-order valence-electron chi connectivity index (χ4n) is 1.58. The molecule has 0 radical (unpaired) electrons. The molecule has 0 saturated heterocycles. The molecule has 1 amide bonds. The second kappa shape index (κ2) is 6.40. The minimum atomic E-state index is -2.96. The summed E-state index contributed by atoms with van der Waals surface area (Å²) in [6.45, 7) is -3.00. The minimum absolute atomic E-state index is 0.0311. The summed E-state index contributed by atoms with van der Waals surface area (Å²) in [6, 6.07) is 5.52. The highest BCUT2D eigenvalue weighted by Gasteiger charge is 2.10. The lowest BCUT2D eigenvalue weighted by molar-refractivity contribution is -0.116. The van der Waals surface area contributed by atoms with Gasteiger partial charge in [-0.1, -0.05) is 11.6 Å². The van der Waals surface area contributed by atoms with Gasteiger partial charge in [0.2, 0.25) is 5.91 Å². The van der Waals surface area contributed by atoms with E-state index in [2.05, 4.69) is 15.2 Å². The first kappa shape index (κ1) is 15.0. The Balaban J connectivity index is 1.99. The lowest BCUT2D eigenvalue weighted by Crippen LogP contribution is -2.19. The number of halogens is 3.